The molecule has 1 fully saturated rings. The second-order valence-electron chi connectivity index (χ2n) is 10.9. The smallest absolute Gasteiger partial charge is 0.456 e. The second kappa shape index (κ2) is 12.8. The number of carbonyl (C=O) groups excluding carboxylic acids is 3. The number of non-ortho nitro benzene ring substituents is 2. The number of rotatable bonds is 11. The van der Waals surface area contributed by atoms with Crippen LogP contribution >= 0.6 is 11.8 Å². The third-order valence-corrected chi connectivity index (χ3v) is 8.67. The molecule has 0 aliphatic carbocycles. The van der Waals surface area contributed by atoms with Crippen LogP contribution < -0.4 is 5.73 Å². The molecule has 1 saturated heterocycles. The lowest BCUT2D eigenvalue weighted by atomic mass is 9.76. The summed E-state index contributed by atoms with van der Waals surface area (Å²) in [5, 5.41) is 21.8. The van der Waals surface area contributed by atoms with Gasteiger partial charge in [-0.25, -0.2) is 9.59 Å². The molecule has 15 nitrogen and oxygen atoms in total. The van der Waals surface area contributed by atoms with Crippen LogP contribution in [0.5, 0.6) is 0 Å². The Morgan fingerprint density at radius 3 is 2.09 bits per heavy atom. The minimum atomic E-state index is -1.34. The molecular weight excluding hydrogens is 622 g/mol. The summed E-state index contributed by atoms with van der Waals surface area (Å²) in [5.41, 5.74) is 5.95. The maximum Gasteiger partial charge on any atom is 0.509 e. The molecule has 1 aromatic heterocycles. The fraction of sp³-hybridized carbons (Fsp3) is 0.267. The summed E-state index contributed by atoms with van der Waals surface area (Å²) in [5.74, 6) is -2.06. The second-order valence-corrected chi connectivity index (χ2v) is 12.0. The number of β-lactam (4-membered cyclic amide) rings is 1. The number of hydrogen-bond acceptors (Lipinski definition) is 13. The molecule has 0 unspecified atom stereocenters. The zero-order valence-corrected chi connectivity index (χ0v) is 25.3. The Balaban J connectivity index is 1.29. The van der Waals surface area contributed by atoms with Crippen molar-refractivity contribution in [2.75, 3.05) is 5.73 Å². The van der Waals surface area contributed by atoms with Gasteiger partial charge in [-0.2, -0.15) is 0 Å². The number of esters is 1. The number of ether oxygens (including phenoxy) is 3. The number of hydrogen-bond donors (Lipinski definition) is 1. The number of anilines is 1. The molecule has 0 radical (unpaired) electrons. The number of amides is 1. The average Bonchev–Trinajstić information content (AvgIpc) is 3.33. The summed E-state index contributed by atoms with van der Waals surface area (Å²) in [4.78, 5) is 66.8. The van der Waals surface area contributed by atoms with Gasteiger partial charge in [0.15, 0.2) is 0 Å². The van der Waals surface area contributed by atoms with E-state index in [0.29, 0.717) is 26.6 Å². The van der Waals surface area contributed by atoms with Crippen molar-refractivity contribution in [3.05, 3.63) is 109 Å². The first-order valence-electron chi connectivity index (χ1n) is 13.8. The van der Waals surface area contributed by atoms with Crippen LogP contribution in [0.15, 0.2) is 82.5 Å². The van der Waals surface area contributed by atoms with Crippen molar-refractivity contribution in [3.8, 4) is 0 Å². The fourth-order valence-corrected chi connectivity index (χ4v) is 6.33. The fourth-order valence-electron chi connectivity index (χ4n) is 5.23. The zero-order chi connectivity index (χ0) is 33.2. The molecule has 0 spiro atoms. The van der Waals surface area contributed by atoms with Crippen molar-refractivity contribution in [1.82, 2.24) is 9.88 Å². The number of pyridine rings is 1. The third kappa shape index (κ3) is 6.61. The van der Waals surface area contributed by atoms with Gasteiger partial charge in [-0.1, -0.05) is 11.8 Å². The molecule has 2 aromatic carbocycles. The van der Waals surface area contributed by atoms with Crippen LogP contribution in [0, 0.1) is 26.1 Å². The minimum Gasteiger partial charge on any atom is -0.456 e. The molecule has 16 heteroatoms. The largest absolute Gasteiger partial charge is 0.509 e. The van der Waals surface area contributed by atoms with E-state index in [-0.39, 0.29) is 36.7 Å². The highest BCUT2D eigenvalue weighted by atomic mass is 32.2. The number of aromatic nitrogens is 1. The van der Waals surface area contributed by atoms with Gasteiger partial charge < -0.3 is 24.8 Å². The van der Waals surface area contributed by atoms with E-state index < -0.39 is 45.4 Å². The number of benzene rings is 2. The Labute approximate surface area is 265 Å². The van der Waals surface area contributed by atoms with Gasteiger partial charge in [-0.3, -0.25) is 30.0 Å². The number of nitrogens with two attached hydrogens (primary N) is 1. The van der Waals surface area contributed by atoms with Crippen molar-refractivity contribution in [1.29, 1.82) is 0 Å². The van der Waals surface area contributed by atoms with Crippen LogP contribution in [0.4, 0.5) is 21.9 Å². The van der Waals surface area contributed by atoms with Gasteiger partial charge in [0.05, 0.1) is 33.7 Å². The van der Waals surface area contributed by atoms with Crippen molar-refractivity contribution < 1.29 is 38.4 Å². The first-order chi connectivity index (χ1) is 21.9. The van der Waals surface area contributed by atoms with E-state index in [1.807, 2.05) is 0 Å². The Morgan fingerprint density at radius 1 is 0.978 bits per heavy atom. The standard InChI is InChI=1S/C30H27N5O10S/c1-30(2,45-29(38)44-16-18-5-9-20(10-6-18)35(41)42)25-22-13-24(46-23-11-12-32-14-21(23)31)26(33(22)27(25)36)28(37)43-15-17-3-7-19(8-4-17)34(39)40/h3-12,14,22,25H,13,15-16,31H2,1-2H3/t22-,25+/m1/s1. The van der Waals surface area contributed by atoms with E-state index in [2.05, 4.69) is 4.98 Å². The predicted octanol–water partition coefficient (Wildman–Crippen LogP) is 4.89. The number of nitrogens with zero attached hydrogens (tertiary/aromatic N) is 4. The van der Waals surface area contributed by atoms with E-state index in [1.54, 1.807) is 26.1 Å². The number of fused-ring (bicyclic) bond motifs is 1. The maximum atomic E-state index is 13.6. The van der Waals surface area contributed by atoms with Crippen LogP contribution in [-0.2, 0) is 37.0 Å². The number of thioether (sulfide) groups is 1. The first-order valence-corrected chi connectivity index (χ1v) is 14.6. The molecule has 3 heterocycles. The molecule has 2 atom stereocenters. The molecule has 238 valence electrons. The summed E-state index contributed by atoms with van der Waals surface area (Å²) in [7, 11) is 0. The van der Waals surface area contributed by atoms with Gasteiger partial charge in [0.2, 0.25) is 5.91 Å². The van der Waals surface area contributed by atoms with Gasteiger partial charge in [-0.05, 0) is 55.3 Å². The van der Waals surface area contributed by atoms with Crippen molar-refractivity contribution in [2.24, 2.45) is 5.92 Å². The van der Waals surface area contributed by atoms with Gasteiger partial charge in [0.25, 0.3) is 11.4 Å². The Kier molecular flexibility index (Phi) is 8.91. The summed E-state index contributed by atoms with van der Waals surface area (Å²) >= 11 is 1.20. The zero-order valence-electron chi connectivity index (χ0n) is 24.5. The Morgan fingerprint density at radius 2 is 1.54 bits per heavy atom. The molecule has 2 aliphatic heterocycles. The van der Waals surface area contributed by atoms with Gasteiger partial charge in [0.1, 0.15) is 24.5 Å². The normalized spacial score (nSPS) is 17.2. The van der Waals surface area contributed by atoms with Crippen molar-refractivity contribution in [2.45, 2.75) is 50.0 Å². The highest BCUT2D eigenvalue weighted by molar-refractivity contribution is 8.03. The summed E-state index contributed by atoms with van der Waals surface area (Å²) in [6, 6.07) is 12.1. The van der Waals surface area contributed by atoms with E-state index in [0.717, 1.165) is 0 Å². The first kappa shape index (κ1) is 31.9. The van der Waals surface area contributed by atoms with Crippen LogP contribution in [0.3, 0.4) is 0 Å². The van der Waals surface area contributed by atoms with Gasteiger partial charge in [-0.15, -0.1) is 0 Å². The van der Waals surface area contributed by atoms with Gasteiger partial charge >= 0.3 is 12.1 Å². The van der Waals surface area contributed by atoms with Crippen LogP contribution in [0.25, 0.3) is 0 Å². The SMILES string of the molecule is CC(C)(OC(=O)OCc1ccc([N+](=O)[O-])cc1)[C@@H]1C(=O)N2C(C(=O)OCc3ccc([N+](=O)[O-])cc3)=C(Sc3ccncc3N)C[C@H]12. The monoisotopic (exact) mass is 649 g/mol. The highest BCUT2D eigenvalue weighted by Gasteiger charge is 2.62. The maximum absolute atomic E-state index is 13.6. The molecule has 1 amide bonds. The van der Waals surface area contributed by atoms with E-state index in [4.69, 9.17) is 19.9 Å². The quantitative estimate of drug-likeness (QED) is 0.127. The molecule has 0 saturated carbocycles. The van der Waals surface area contributed by atoms with Crippen LogP contribution in [0.2, 0.25) is 0 Å². The molecule has 3 aromatic rings. The Bertz CT molecular complexity index is 1740. The molecule has 46 heavy (non-hydrogen) atoms. The summed E-state index contributed by atoms with van der Waals surface area (Å²) in [6.45, 7) is 2.74. The van der Waals surface area contributed by atoms with Crippen LogP contribution in [0.1, 0.15) is 31.4 Å². The van der Waals surface area contributed by atoms with E-state index in [9.17, 15) is 34.6 Å². The molecule has 2 N–H and O–H groups in total. The number of carbonyl (C=O) groups is 3. The van der Waals surface area contributed by atoms with E-state index in [1.165, 1.54) is 71.4 Å². The lowest BCUT2D eigenvalue weighted by molar-refractivity contribution is -0.385. The third-order valence-electron chi connectivity index (χ3n) is 7.47. The Hall–Kier alpha value is -5.51. The minimum absolute atomic E-state index is 0.0333. The van der Waals surface area contributed by atoms with Crippen molar-refractivity contribution in [3.63, 3.8) is 0 Å². The average molecular weight is 650 g/mol. The lowest BCUT2D eigenvalue weighted by Gasteiger charge is -2.49. The summed E-state index contributed by atoms with van der Waals surface area (Å²) in [6.07, 6.45) is 2.22. The summed E-state index contributed by atoms with van der Waals surface area (Å²) < 4.78 is 16.3. The van der Waals surface area contributed by atoms with E-state index >= 15 is 0 Å². The number of nitrogen functional groups attached to an aromatic ring is 1. The number of nitro groups is 2. The molecule has 2 aliphatic rings. The van der Waals surface area contributed by atoms with Crippen molar-refractivity contribution >= 4 is 46.9 Å². The number of nitro benzene ring substituents is 2. The van der Waals surface area contributed by atoms with Crippen LogP contribution in [-0.4, -0.2) is 49.4 Å². The van der Waals surface area contributed by atoms with Gasteiger partial charge in [0, 0.05) is 46.7 Å². The molecular formula is C30H27N5O10S. The topological polar surface area (TPSA) is 207 Å². The predicted molar refractivity (Wildman–Crippen MR) is 162 cm³/mol. The highest BCUT2D eigenvalue weighted by Crippen LogP contribution is 2.52. The molecule has 5 rings (SSSR count). The lowest BCUT2D eigenvalue weighted by Crippen LogP contribution is -2.66. The molecule has 0 bridgehead atoms.